The van der Waals surface area contributed by atoms with Crippen LogP contribution in [0.1, 0.15) is 26.2 Å². The van der Waals surface area contributed by atoms with E-state index >= 15 is 0 Å². The first kappa shape index (κ1) is 13.8. The summed E-state index contributed by atoms with van der Waals surface area (Å²) in [7, 11) is -1.05. The molecule has 2 fully saturated rings. The van der Waals surface area contributed by atoms with Gasteiger partial charge in [0.2, 0.25) is 5.91 Å². The molecule has 1 saturated carbocycles. The minimum Gasteiger partial charge on any atom is -0.352 e. The van der Waals surface area contributed by atoms with E-state index in [4.69, 9.17) is 0 Å². The van der Waals surface area contributed by atoms with Gasteiger partial charge < -0.3 is 5.32 Å². The number of carbonyl (C=O) groups excluding carboxylic acids is 1. The average molecular weight is 274 g/mol. The summed E-state index contributed by atoms with van der Waals surface area (Å²) in [6.07, 6.45) is 3.06. The van der Waals surface area contributed by atoms with Crippen LogP contribution in [0, 0.1) is 5.92 Å². The van der Waals surface area contributed by atoms with E-state index in [1.54, 1.807) is 0 Å². The Morgan fingerprint density at radius 2 is 2.06 bits per heavy atom. The van der Waals surface area contributed by atoms with Crippen LogP contribution in [-0.2, 0) is 14.6 Å². The second kappa shape index (κ2) is 5.17. The Bertz CT molecular complexity index is 417. The van der Waals surface area contributed by atoms with E-state index in [1.165, 1.54) is 12.8 Å². The van der Waals surface area contributed by atoms with Gasteiger partial charge in [0.25, 0.3) is 0 Å². The molecule has 0 aromatic heterocycles. The number of likely N-dealkylation sites (N-methyl/N-ethyl adjacent to an activating group) is 1. The molecule has 104 valence electrons. The molecule has 0 aromatic carbocycles. The lowest BCUT2D eigenvalue weighted by Gasteiger charge is -2.23. The van der Waals surface area contributed by atoms with Gasteiger partial charge in [-0.3, -0.25) is 9.69 Å². The number of sulfone groups is 1. The van der Waals surface area contributed by atoms with Crippen LogP contribution in [0.15, 0.2) is 0 Å². The fourth-order valence-corrected chi connectivity index (χ4v) is 4.30. The van der Waals surface area contributed by atoms with Crippen molar-refractivity contribution in [3.63, 3.8) is 0 Å². The third-order valence-corrected chi connectivity index (χ3v) is 5.69. The van der Waals surface area contributed by atoms with Crippen molar-refractivity contribution < 1.29 is 13.2 Å². The molecule has 0 radical (unpaired) electrons. The van der Waals surface area contributed by atoms with Gasteiger partial charge in [-0.05, 0) is 39.2 Å². The van der Waals surface area contributed by atoms with Gasteiger partial charge in [0.05, 0.1) is 18.1 Å². The molecule has 5 nitrogen and oxygen atoms in total. The van der Waals surface area contributed by atoms with Crippen LogP contribution in [0.3, 0.4) is 0 Å². The molecule has 2 aliphatic rings. The van der Waals surface area contributed by atoms with E-state index in [0.29, 0.717) is 12.3 Å². The van der Waals surface area contributed by atoms with Crippen molar-refractivity contribution in [1.82, 2.24) is 10.2 Å². The molecule has 1 N–H and O–H groups in total. The van der Waals surface area contributed by atoms with Crippen molar-refractivity contribution in [1.29, 1.82) is 0 Å². The van der Waals surface area contributed by atoms with E-state index in [0.717, 1.165) is 0 Å². The van der Waals surface area contributed by atoms with Crippen LogP contribution in [0.4, 0.5) is 0 Å². The first-order valence-electron chi connectivity index (χ1n) is 6.57. The van der Waals surface area contributed by atoms with E-state index in [-0.39, 0.29) is 36.0 Å². The largest absolute Gasteiger partial charge is 0.352 e. The van der Waals surface area contributed by atoms with E-state index in [1.807, 2.05) is 18.9 Å². The second-order valence-corrected chi connectivity index (χ2v) is 7.89. The van der Waals surface area contributed by atoms with Gasteiger partial charge in [-0.15, -0.1) is 0 Å². The molecule has 6 heteroatoms. The number of rotatable bonds is 5. The van der Waals surface area contributed by atoms with Crippen molar-refractivity contribution in [3.8, 4) is 0 Å². The maximum absolute atomic E-state index is 11.8. The summed E-state index contributed by atoms with van der Waals surface area (Å²) in [5, 5.41) is 2.99. The number of amides is 1. The molecule has 18 heavy (non-hydrogen) atoms. The van der Waals surface area contributed by atoms with Gasteiger partial charge in [0.15, 0.2) is 9.84 Å². The highest BCUT2D eigenvalue weighted by molar-refractivity contribution is 7.91. The van der Waals surface area contributed by atoms with Crippen LogP contribution < -0.4 is 5.32 Å². The lowest BCUT2D eigenvalue weighted by Crippen LogP contribution is -2.44. The summed E-state index contributed by atoms with van der Waals surface area (Å²) >= 11 is 0. The number of nitrogens with one attached hydrogen (secondary N) is 1. The van der Waals surface area contributed by atoms with Crippen molar-refractivity contribution in [2.24, 2.45) is 5.92 Å². The Balaban J connectivity index is 1.76. The molecule has 0 spiro atoms. The van der Waals surface area contributed by atoms with Crippen LogP contribution in [0.2, 0.25) is 0 Å². The lowest BCUT2D eigenvalue weighted by atomic mass is 10.2. The number of hydrogen-bond acceptors (Lipinski definition) is 4. The Labute approximate surface area is 109 Å². The van der Waals surface area contributed by atoms with Gasteiger partial charge in [-0.25, -0.2) is 8.42 Å². The first-order valence-corrected chi connectivity index (χ1v) is 8.39. The average Bonchev–Trinajstić information content (AvgIpc) is 3.02. The van der Waals surface area contributed by atoms with E-state index in [9.17, 15) is 13.2 Å². The van der Waals surface area contributed by atoms with Crippen LogP contribution >= 0.6 is 0 Å². The lowest BCUT2D eigenvalue weighted by molar-refractivity contribution is -0.123. The van der Waals surface area contributed by atoms with Gasteiger partial charge in [0.1, 0.15) is 0 Å². The zero-order valence-corrected chi connectivity index (χ0v) is 11.9. The molecule has 2 atom stereocenters. The Kier molecular flexibility index (Phi) is 3.96. The topological polar surface area (TPSA) is 66.5 Å². The Morgan fingerprint density at radius 3 is 2.56 bits per heavy atom. The molecule has 2 unspecified atom stereocenters. The highest BCUT2D eigenvalue weighted by atomic mass is 32.2. The van der Waals surface area contributed by atoms with Crippen molar-refractivity contribution in [2.75, 3.05) is 25.1 Å². The maximum Gasteiger partial charge on any atom is 0.234 e. The molecule has 2 rings (SSSR count). The Hall–Kier alpha value is -0.620. The second-order valence-electron chi connectivity index (χ2n) is 5.67. The van der Waals surface area contributed by atoms with Gasteiger partial charge in [-0.1, -0.05) is 0 Å². The molecular formula is C12H22N2O3S. The zero-order chi connectivity index (χ0) is 13.3. The summed E-state index contributed by atoms with van der Waals surface area (Å²) in [5.41, 5.74) is 0. The SMILES string of the molecule is CC(NC(=O)CN(C)C1CCS(=O)(=O)C1)C1CC1. The van der Waals surface area contributed by atoms with Crippen molar-refractivity contribution in [3.05, 3.63) is 0 Å². The van der Waals surface area contributed by atoms with Crippen LogP contribution in [0.5, 0.6) is 0 Å². The minimum absolute atomic E-state index is 0.00111. The summed E-state index contributed by atoms with van der Waals surface area (Å²) < 4.78 is 22.8. The highest BCUT2D eigenvalue weighted by Gasteiger charge is 2.32. The van der Waals surface area contributed by atoms with Crippen LogP contribution in [0.25, 0.3) is 0 Å². The smallest absolute Gasteiger partial charge is 0.234 e. The molecular weight excluding hydrogens is 252 g/mol. The highest BCUT2D eigenvalue weighted by Crippen LogP contribution is 2.32. The predicted octanol–water partition coefficient (Wildman–Crippen LogP) is 0.0200. The summed E-state index contributed by atoms with van der Waals surface area (Å²) in [6, 6.07) is 0.246. The van der Waals surface area contributed by atoms with Gasteiger partial charge in [0, 0.05) is 12.1 Å². The molecule has 0 aromatic rings. The molecule has 1 amide bonds. The van der Waals surface area contributed by atoms with Crippen molar-refractivity contribution >= 4 is 15.7 Å². The normalized spacial score (nSPS) is 28.3. The molecule has 1 heterocycles. The first-order chi connectivity index (χ1) is 8.37. The summed E-state index contributed by atoms with van der Waals surface area (Å²) in [5.74, 6) is 1.09. The third-order valence-electron chi connectivity index (χ3n) is 3.94. The molecule has 1 aliphatic heterocycles. The summed E-state index contributed by atoms with van der Waals surface area (Å²) in [4.78, 5) is 13.7. The van der Waals surface area contributed by atoms with E-state index in [2.05, 4.69) is 5.32 Å². The molecule has 1 saturated heterocycles. The third kappa shape index (κ3) is 3.68. The van der Waals surface area contributed by atoms with Gasteiger partial charge >= 0.3 is 0 Å². The molecule has 0 bridgehead atoms. The summed E-state index contributed by atoms with van der Waals surface area (Å²) in [6.45, 7) is 2.33. The van der Waals surface area contributed by atoms with Crippen LogP contribution in [-0.4, -0.2) is 56.4 Å². The number of carbonyl (C=O) groups is 1. The number of nitrogens with zero attached hydrogens (tertiary/aromatic N) is 1. The number of hydrogen-bond donors (Lipinski definition) is 1. The zero-order valence-electron chi connectivity index (χ0n) is 11.1. The minimum atomic E-state index is -2.88. The fraction of sp³-hybridized carbons (Fsp3) is 0.917. The predicted molar refractivity (Wildman–Crippen MR) is 70.0 cm³/mol. The Morgan fingerprint density at radius 1 is 1.39 bits per heavy atom. The van der Waals surface area contributed by atoms with Crippen molar-refractivity contribution in [2.45, 2.75) is 38.3 Å². The maximum atomic E-state index is 11.8. The van der Waals surface area contributed by atoms with E-state index < -0.39 is 9.84 Å². The molecule has 1 aliphatic carbocycles. The quantitative estimate of drug-likeness (QED) is 0.767. The monoisotopic (exact) mass is 274 g/mol. The fourth-order valence-electron chi connectivity index (χ4n) is 2.49. The standard InChI is InChI=1S/C12H22N2O3S/c1-9(10-3-4-10)13-12(15)7-14(2)11-5-6-18(16,17)8-11/h9-11H,3-8H2,1-2H3,(H,13,15). The van der Waals surface area contributed by atoms with Gasteiger partial charge in [-0.2, -0.15) is 0 Å².